The smallest absolute Gasteiger partial charge is 0.325 e. The molecule has 1 amide bonds. The molecule has 1 aromatic rings. The highest BCUT2D eigenvalue weighted by Crippen LogP contribution is 2.29. The van der Waals surface area contributed by atoms with Crippen LogP contribution in [0.3, 0.4) is 0 Å². The number of phenols is 1. The lowest BCUT2D eigenvalue weighted by atomic mass is 10.1. The number of carbonyl (C=O) groups excluding carboxylic acids is 2. The van der Waals surface area contributed by atoms with Crippen molar-refractivity contribution >= 4 is 35.3 Å². The van der Waals surface area contributed by atoms with Crippen LogP contribution in [0.15, 0.2) is 23.9 Å². The summed E-state index contributed by atoms with van der Waals surface area (Å²) in [4.78, 5) is 26.5. The third-order valence-corrected chi connectivity index (χ3v) is 3.86. The van der Waals surface area contributed by atoms with Crippen LogP contribution in [0, 0.1) is 0 Å². The lowest BCUT2D eigenvalue weighted by molar-refractivity contribution is -0.143. The summed E-state index contributed by atoms with van der Waals surface area (Å²) in [5, 5.41) is 9.83. The van der Waals surface area contributed by atoms with Gasteiger partial charge in [-0.2, -0.15) is 0 Å². The molecule has 1 aromatic carbocycles. The van der Waals surface area contributed by atoms with Gasteiger partial charge in [-0.3, -0.25) is 14.5 Å². The zero-order valence-electron chi connectivity index (χ0n) is 12.9. The summed E-state index contributed by atoms with van der Waals surface area (Å²) in [6.07, 6.45) is 1.61. The Labute approximate surface area is 138 Å². The maximum atomic E-state index is 12.4. The van der Waals surface area contributed by atoms with Crippen LogP contribution >= 0.6 is 12.2 Å². The normalized spacial score (nSPS) is 16.2. The molecule has 7 nitrogen and oxygen atoms in total. The Balaban J connectivity index is 2.33. The zero-order valence-corrected chi connectivity index (χ0v) is 13.7. The minimum Gasteiger partial charge on any atom is -0.504 e. The third-order valence-electron chi connectivity index (χ3n) is 3.37. The Morgan fingerprint density at radius 1 is 1.39 bits per heavy atom. The van der Waals surface area contributed by atoms with Gasteiger partial charge in [0.2, 0.25) is 0 Å². The van der Waals surface area contributed by atoms with E-state index in [0.717, 1.165) is 0 Å². The van der Waals surface area contributed by atoms with Gasteiger partial charge in [0.15, 0.2) is 16.6 Å². The van der Waals surface area contributed by atoms with E-state index < -0.39 is 11.9 Å². The van der Waals surface area contributed by atoms with E-state index in [1.807, 2.05) is 0 Å². The van der Waals surface area contributed by atoms with Crippen molar-refractivity contribution in [1.82, 2.24) is 9.80 Å². The van der Waals surface area contributed by atoms with Crippen LogP contribution in [0.1, 0.15) is 5.56 Å². The topological polar surface area (TPSA) is 79.3 Å². The fraction of sp³-hybridized carbons (Fsp3) is 0.267. The van der Waals surface area contributed by atoms with E-state index >= 15 is 0 Å². The van der Waals surface area contributed by atoms with E-state index in [-0.39, 0.29) is 17.4 Å². The number of phenolic OH excluding ortho intramolecular Hbond substituents is 1. The van der Waals surface area contributed by atoms with Crippen molar-refractivity contribution in [2.75, 3.05) is 27.8 Å². The zero-order chi connectivity index (χ0) is 17.1. The monoisotopic (exact) mass is 336 g/mol. The average Bonchev–Trinajstić information content (AvgIpc) is 2.74. The van der Waals surface area contributed by atoms with E-state index in [4.69, 9.17) is 17.0 Å². The first-order chi connectivity index (χ1) is 10.9. The number of carbonyl (C=O) groups is 2. The summed E-state index contributed by atoms with van der Waals surface area (Å²) >= 11 is 5.19. The van der Waals surface area contributed by atoms with Gasteiger partial charge in [-0.15, -0.1) is 0 Å². The van der Waals surface area contributed by atoms with Crippen molar-refractivity contribution in [3.05, 3.63) is 29.5 Å². The molecule has 1 heterocycles. The van der Waals surface area contributed by atoms with E-state index in [1.54, 1.807) is 25.3 Å². The molecule has 1 N–H and O–H groups in total. The van der Waals surface area contributed by atoms with E-state index in [2.05, 4.69) is 4.74 Å². The molecule has 0 aliphatic carbocycles. The van der Waals surface area contributed by atoms with Crippen LogP contribution in [0.25, 0.3) is 6.08 Å². The van der Waals surface area contributed by atoms with Crippen molar-refractivity contribution in [2.24, 2.45) is 0 Å². The number of esters is 1. The number of methoxy groups -OCH3 is 2. The second-order valence-corrected chi connectivity index (χ2v) is 5.14. The molecule has 0 aromatic heterocycles. The second-order valence-electron chi connectivity index (χ2n) is 4.77. The summed E-state index contributed by atoms with van der Waals surface area (Å²) in [6, 6.07) is 4.70. The SMILES string of the molecule is COC(=O)CN1C(=O)/C(=C/c2ccc(O)c(OC)c2)N(C)C1=S. The molecule has 0 atom stereocenters. The van der Waals surface area contributed by atoms with Crippen LogP contribution in [0.4, 0.5) is 0 Å². The van der Waals surface area contributed by atoms with Gasteiger partial charge in [-0.25, -0.2) is 0 Å². The predicted octanol–water partition coefficient (Wildman–Crippen LogP) is 0.974. The molecule has 1 aliphatic heterocycles. The molecule has 2 rings (SSSR count). The quantitative estimate of drug-likeness (QED) is 0.499. The van der Waals surface area contributed by atoms with E-state index in [1.165, 1.54) is 30.1 Å². The van der Waals surface area contributed by atoms with Crippen molar-refractivity contribution in [1.29, 1.82) is 0 Å². The predicted molar refractivity (Wildman–Crippen MR) is 86.7 cm³/mol. The van der Waals surface area contributed by atoms with Gasteiger partial charge in [0.25, 0.3) is 5.91 Å². The van der Waals surface area contributed by atoms with Crippen molar-refractivity contribution in [3.63, 3.8) is 0 Å². The third kappa shape index (κ3) is 3.26. The van der Waals surface area contributed by atoms with Crippen molar-refractivity contribution in [3.8, 4) is 11.5 Å². The number of nitrogens with zero attached hydrogens (tertiary/aromatic N) is 2. The van der Waals surface area contributed by atoms with Gasteiger partial charge in [0, 0.05) is 7.05 Å². The van der Waals surface area contributed by atoms with Crippen molar-refractivity contribution < 1.29 is 24.2 Å². The summed E-state index contributed by atoms with van der Waals surface area (Å²) in [7, 11) is 4.32. The first kappa shape index (κ1) is 16.8. The molecule has 1 fully saturated rings. The summed E-state index contributed by atoms with van der Waals surface area (Å²) in [5.41, 5.74) is 0.962. The number of aromatic hydroxyl groups is 1. The second kappa shape index (κ2) is 6.66. The molecule has 23 heavy (non-hydrogen) atoms. The molecular weight excluding hydrogens is 320 g/mol. The highest BCUT2D eigenvalue weighted by molar-refractivity contribution is 7.80. The maximum absolute atomic E-state index is 12.4. The van der Waals surface area contributed by atoms with Crippen LogP contribution in [-0.4, -0.2) is 59.7 Å². The van der Waals surface area contributed by atoms with Gasteiger partial charge in [0.05, 0.1) is 14.2 Å². The minimum atomic E-state index is -0.554. The summed E-state index contributed by atoms with van der Waals surface area (Å²) < 4.78 is 9.60. The number of hydrogen-bond donors (Lipinski definition) is 1. The highest BCUT2D eigenvalue weighted by atomic mass is 32.1. The van der Waals surface area contributed by atoms with Gasteiger partial charge < -0.3 is 19.5 Å². The highest BCUT2D eigenvalue weighted by Gasteiger charge is 2.36. The molecule has 0 spiro atoms. The molecule has 1 aliphatic rings. The number of rotatable bonds is 4. The van der Waals surface area contributed by atoms with Gasteiger partial charge >= 0.3 is 5.97 Å². The van der Waals surface area contributed by atoms with Gasteiger partial charge in [-0.1, -0.05) is 6.07 Å². The number of likely N-dealkylation sites (N-methyl/N-ethyl adjacent to an activating group) is 1. The van der Waals surface area contributed by atoms with E-state index in [0.29, 0.717) is 17.0 Å². The standard InChI is InChI=1S/C15H16N2O5S/c1-16-10(6-9-4-5-11(18)12(7-9)21-2)14(20)17(15(16)23)8-13(19)22-3/h4-7,18H,8H2,1-3H3/b10-6-. The number of amides is 1. The number of ether oxygens (including phenoxy) is 2. The molecule has 8 heteroatoms. The van der Waals surface area contributed by atoms with Crippen molar-refractivity contribution in [2.45, 2.75) is 0 Å². The molecule has 0 unspecified atom stereocenters. The van der Waals surface area contributed by atoms with Crippen LogP contribution < -0.4 is 4.74 Å². The maximum Gasteiger partial charge on any atom is 0.325 e. The molecule has 0 radical (unpaired) electrons. The fourth-order valence-electron chi connectivity index (χ4n) is 2.09. The van der Waals surface area contributed by atoms with Crippen LogP contribution in [-0.2, 0) is 14.3 Å². The molecular formula is C15H16N2O5S. The summed E-state index contributed by atoms with van der Waals surface area (Å²) in [5.74, 6) is -0.651. The molecule has 1 saturated heterocycles. The fourth-order valence-corrected chi connectivity index (χ4v) is 2.33. The lowest BCUT2D eigenvalue weighted by Crippen LogP contribution is -2.36. The van der Waals surface area contributed by atoms with Gasteiger partial charge in [-0.05, 0) is 36.0 Å². The molecule has 122 valence electrons. The first-order valence-electron chi connectivity index (χ1n) is 6.64. The molecule has 0 saturated carbocycles. The Bertz CT molecular complexity index is 701. The van der Waals surface area contributed by atoms with Gasteiger partial charge in [0.1, 0.15) is 12.2 Å². The van der Waals surface area contributed by atoms with E-state index in [9.17, 15) is 14.7 Å². The number of thiocarbonyl (C=S) groups is 1. The Morgan fingerprint density at radius 2 is 2.09 bits per heavy atom. The summed E-state index contributed by atoms with van der Waals surface area (Å²) in [6.45, 7) is -0.241. The Kier molecular flexibility index (Phi) is 4.85. The molecule has 0 bridgehead atoms. The first-order valence-corrected chi connectivity index (χ1v) is 7.05. The van der Waals surface area contributed by atoms with Crippen LogP contribution in [0.5, 0.6) is 11.5 Å². The average molecular weight is 336 g/mol. The van der Waals surface area contributed by atoms with Crippen LogP contribution in [0.2, 0.25) is 0 Å². The lowest BCUT2D eigenvalue weighted by Gasteiger charge is -2.14. The largest absolute Gasteiger partial charge is 0.504 e. The minimum absolute atomic E-state index is 0.00333. The number of hydrogen-bond acceptors (Lipinski definition) is 6. The Hall–Kier alpha value is -2.61. The number of benzene rings is 1. The Morgan fingerprint density at radius 3 is 2.70 bits per heavy atom.